The summed E-state index contributed by atoms with van der Waals surface area (Å²) >= 11 is 0. The predicted octanol–water partition coefficient (Wildman–Crippen LogP) is 2.53. The summed E-state index contributed by atoms with van der Waals surface area (Å²) in [5.74, 6) is 0.412. The first-order valence-corrected chi connectivity index (χ1v) is 9.82. The molecule has 1 fully saturated rings. The minimum absolute atomic E-state index is 0. The molecule has 2 rings (SSSR count). The Hall–Kier alpha value is -0.970. The monoisotopic (exact) mass is 508 g/mol. The van der Waals surface area contributed by atoms with E-state index in [1.165, 1.54) is 12.1 Å². The molecule has 1 aromatic carbocycles. The van der Waals surface area contributed by atoms with Gasteiger partial charge in [-0.1, -0.05) is 12.1 Å². The first kappa shape index (κ1) is 25.1. The number of nitrogens with one attached hydrogen (secondary N) is 2. The van der Waals surface area contributed by atoms with Gasteiger partial charge in [0.1, 0.15) is 5.82 Å². The summed E-state index contributed by atoms with van der Waals surface area (Å²) in [7, 11) is 1.74. The second kappa shape index (κ2) is 14.1. The number of piperidine rings is 1. The smallest absolute Gasteiger partial charge is 0.191 e. The van der Waals surface area contributed by atoms with Crippen LogP contribution in [0.25, 0.3) is 0 Å². The van der Waals surface area contributed by atoms with Crippen molar-refractivity contribution in [2.24, 2.45) is 4.99 Å². The van der Waals surface area contributed by atoms with E-state index in [1.807, 2.05) is 6.92 Å². The van der Waals surface area contributed by atoms with Gasteiger partial charge in [0.25, 0.3) is 0 Å². The second-order valence-corrected chi connectivity index (χ2v) is 6.89. The van der Waals surface area contributed by atoms with Gasteiger partial charge in [-0.05, 0) is 43.9 Å². The average Bonchev–Trinajstić information content (AvgIpc) is 2.68. The van der Waals surface area contributed by atoms with Crippen LogP contribution in [0.5, 0.6) is 0 Å². The fraction of sp³-hybridized carbons (Fsp3) is 0.650. The van der Waals surface area contributed by atoms with E-state index < -0.39 is 6.10 Å². The average molecular weight is 508 g/mol. The van der Waals surface area contributed by atoms with Gasteiger partial charge < -0.3 is 25.4 Å². The number of nitrogens with zero attached hydrogens (tertiary/aromatic N) is 2. The number of aliphatic hydroxyl groups excluding tert-OH is 1. The Morgan fingerprint density at radius 3 is 2.61 bits per heavy atom. The number of aliphatic hydroxyl groups is 1. The molecule has 1 aliphatic rings. The summed E-state index contributed by atoms with van der Waals surface area (Å²) < 4.78 is 18.1. The Labute approximate surface area is 185 Å². The van der Waals surface area contributed by atoms with E-state index in [-0.39, 0.29) is 36.3 Å². The molecule has 0 saturated carbocycles. The molecule has 6 nitrogen and oxygen atoms in total. The van der Waals surface area contributed by atoms with Gasteiger partial charge in [-0.15, -0.1) is 24.0 Å². The highest BCUT2D eigenvalue weighted by atomic mass is 127. The van der Waals surface area contributed by atoms with E-state index in [0.717, 1.165) is 58.0 Å². The number of ether oxygens (including phenoxy) is 1. The Bertz CT molecular complexity index is 566. The Morgan fingerprint density at radius 2 is 2.00 bits per heavy atom. The molecule has 1 unspecified atom stereocenters. The summed E-state index contributed by atoms with van der Waals surface area (Å²) in [6.07, 6.45) is 2.46. The standard InChI is InChI=1S/C20H33FN4O2.HI/c1-3-22-20(23-15-19(26)16-5-7-17(21)8-6-16)24-18-9-12-25(13-10-18)11-4-14-27-2;/h5-8,18-19,26H,3-4,9-15H2,1-2H3,(H2,22,23,24);1H. The summed E-state index contributed by atoms with van der Waals surface area (Å²) in [5, 5.41) is 17.0. The van der Waals surface area contributed by atoms with E-state index in [2.05, 4.69) is 20.5 Å². The van der Waals surface area contributed by atoms with Crippen LogP contribution in [0.15, 0.2) is 29.3 Å². The molecule has 0 amide bonds. The minimum atomic E-state index is -0.747. The predicted molar refractivity (Wildman–Crippen MR) is 122 cm³/mol. The lowest BCUT2D eigenvalue weighted by atomic mass is 10.1. The molecule has 0 bridgehead atoms. The molecular formula is C20H34FIN4O2. The third kappa shape index (κ3) is 9.02. The van der Waals surface area contributed by atoms with Crippen molar-refractivity contribution in [3.63, 3.8) is 0 Å². The van der Waals surface area contributed by atoms with Gasteiger partial charge in [-0.2, -0.15) is 0 Å². The molecule has 1 saturated heterocycles. The van der Waals surface area contributed by atoms with Crippen molar-refractivity contribution < 1.29 is 14.2 Å². The van der Waals surface area contributed by atoms with Crippen LogP contribution in [0.1, 0.15) is 37.9 Å². The first-order valence-electron chi connectivity index (χ1n) is 9.82. The maximum atomic E-state index is 13.0. The zero-order valence-corrected chi connectivity index (χ0v) is 19.2. The van der Waals surface area contributed by atoms with Gasteiger partial charge in [0.05, 0.1) is 12.6 Å². The quantitative estimate of drug-likeness (QED) is 0.207. The maximum absolute atomic E-state index is 13.0. The largest absolute Gasteiger partial charge is 0.386 e. The molecular weight excluding hydrogens is 474 g/mol. The molecule has 8 heteroatoms. The molecule has 28 heavy (non-hydrogen) atoms. The Balaban J connectivity index is 0.00000392. The lowest BCUT2D eigenvalue weighted by Gasteiger charge is -2.33. The van der Waals surface area contributed by atoms with Crippen molar-refractivity contribution >= 4 is 29.9 Å². The molecule has 1 atom stereocenters. The molecule has 160 valence electrons. The van der Waals surface area contributed by atoms with Crippen LogP contribution >= 0.6 is 24.0 Å². The number of benzene rings is 1. The van der Waals surface area contributed by atoms with Crippen LogP contribution in [-0.4, -0.2) is 68.4 Å². The lowest BCUT2D eigenvalue weighted by molar-refractivity contribution is 0.155. The van der Waals surface area contributed by atoms with Crippen molar-refractivity contribution in [2.75, 3.05) is 46.4 Å². The number of hydrogen-bond donors (Lipinski definition) is 3. The van der Waals surface area contributed by atoms with Crippen molar-refractivity contribution in [1.82, 2.24) is 15.5 Å². The molecule has 0 spiro atoms. The summed E-state index contributed by atoms with van der Waals surface area (Å²) in [4.78, 5) is 6.98. The Morgan fingerprint density at radius 1 is 1.32 bits per heavy atom. The fourth-order valence-electron chi connectivity index (χ4n) is 3.21. The normalized spacial score (nSPS) is 17.1. The molecule has 1 aromatic rings. The van der Waals surface area contributed by atoms with E-state index in [9.17, 15) is 9.50 Å². The van der Waals surface area contributed by atoms with E-state index in [1.54, 1.807) is 19.2 Å². The highest BCUT2D eigenvalue weighted by molar-refractivity contribution is 14.0. The Kier molecular flexibility index (Phi) is 12.6. The van der Waals surface area contributed by atoms with Gasteiger partial charge in [0.15, 0.2) is 5.96 Å². The van der Waals surface area contributed by atoms with Crippen molar-refractivity contribution in [3.8, 4) is 0 Å². The fourth-order valence-corrected chi connectivity index (χ4v) is 3.21. The molecule has 0 radical (unpaired) electrons. The zero-order valence-electron chi connectivity index (χ0n) is 16.9. The molecule has 3 N–H and O–H groups in total. The molecule has 0 aliphatic carbocycles. The van der Waals surface area contributed by atoms with E-state index in [4.69, 9.17) is 4.74 Å². The second-order valence-electron chi connectivity index (χ2n) is 6.89. The van der Waals surface area contributed by atoms with Gasteiger partial charge in [0, 0.05) is 45.9 Å². The third-order valence-electron chi connectivity index (χ3n) is 4.77. The molecule has 1 heterocycles. The number of methoxy groups -OCH3 is 1. The summed E-state index contributed by atoms with van der Waals surface area (Å²) in [6, 6.07) is 6.27. The van der Waals surface area contributed by atoms with Crippen LogP contribution in [0.3, 0.4) is 0 Å². The molecule has 0 aromatic heterocycles. The van der Waals surface area contributed by atoms with Gasteiger partial charge in [-0.3, -0.25) is 4.99 Å². The van der Waals surface area contributed by atoms with Crippen molar-refractivity contribution in [3.05, 3.63) is 35.6 Å². The first-order chi connectivity index (χ1) is 13.1. The number of likely N-dealkylation sites (tertiary alicyclic amines) is 1. The van der Waals surface area contributed by atoms with E-state index in [0.29, 0.717) is 11.6 Å². The number of rotatable bonds is 9. The minimum Gasteiger partial charge on any atom is -0.386 e. The van der Waals surface area contributed by atoms with Crippen LogP contribution in [0.2, 0.25) is 0 Å². The van der Waals surface area contributed by atoms with E-state index >= 15 is 0 Å². The highest BCUT2D eigenvalue weighted by Gasteiger charge is 2.19. The topological polar surface area (TPSA) is 69.1 Å². The zero-order chi connectivity index (χ0) is 19.5. The van der Waals surface area contributed by atoms with Crippen LogP contribution in [0.4, 0.5) is 4.39 Å². The van der Waals surface area contributed by atoms with Gasteiger partial charge >= 0.3 is 0 Å². The lowest BCUT2D eigenvalue weighted by Crippen LogP contribution is -2.49. The maximum Gasteiger partial charge on any atom is 0.191 e. The van der Waals surface area contributed by atoms with Crippen molar-refractivity contribution in [1.29, 1.82) is 0 Å². The number of halogens is 2. The summed E-state index contributed by atoms with van der Waals surface area (Å²) in [5.41, 5.74) is 0.667. The third-order valence-corrected chi connectivity index (χ3v) is 4.77. The number of aliphatic imine (C=N–C) groups is 1. The van der Waals surface area contributed by atoms with Crippen molar-refractivity contribution in [2.45, 2.75) is 38.3 Å². The van der Waals surface area contributed by atoms with Crippen LogP contribution in [-0.2, 0) is 4.74 Å². The van der Waals surface area contributed by atoms with Crippen LogP contribution in [0, 0.1) is 5.82 Å². The highest BCUT2D eigenvalue weighted by Crippen LogP contribution is 2.14. The molecule has 1 aliphatic heterocycles. The van der Waals surface area contributed by atoms with Gasteiger partial charge in [-0.25, -0.2) is 4.39 Å². The van der Waals surface area contributed by atoms with Gasteiger partial charge in [0.2, 0.25) is 0 Å². The number of hydrogen-bond acceptors (Lipinski definition) is 4. The summed E-state index contributed by atoms with van der Waals surface area (Å²) in [6.45, 7) is 7.04. The SMILES string of the molecule is CCNC(=NCC(O)c1ccc(F)cc1)NC1CCN(CCCOC)CC1.I. The number of guanidine groups is 1. The van der Waals surface area contributed by atoms with Crippen LogP contribution < -0.4 is 10.6 Å².